The molecule has 8 heteroatoms. The van der Waals surface area contributed by atoms with Crippen LogP contribution in [0.2, 0.25) is 0 Å². The maximum atomic E-state index is 12.3. The molecule has 0 saturated carbocycles. The Bertz CT molecular complexity index is 564. The van der Waals surface area contributed by atoms with Crippen molar-refractivity contribution in [2.24, 2.45) is 7.05 Å². The van der Waals surface area contributed by atoms with E-state index in [0.717, 1.165) is 22.6 Å². The first-order valence-electron chi connectivity index (χ1n) is 6.01. The van der Waals surface area contributed by atoms with Crippen LogP contribution in [0.25, 0.3) is 0 Å². The number of hydrogen-bond acceptors (Lipinski definition) is 3. The first-order chi connectivity index (χ1) is 8.99. The molecule has 0 saturated heterocycles. The van der Waals surface area contributed by atoms with Crippen LogP contribution >= 0.6 is 12.4 Å². The van der Waals surface area contributed by atoms with Gasteiger partial charge in [0.1, 0.15) is 6.54 Å². The summed E-state index contributed by atoms with van der Waals surface area (Å²) in [6.07, 6.45) is 0.977. The minimum absolute atomic E-state index is 0. The van der Waals surface area contributed by atoms with Gasteiger partial charge in [0, 0.05) is 24.8 Å². The summed E-state index contributed by atoms with van der Waals surface area (Å²) in [7, 11) is 1.87. The van der Waals surface area contributed by atoms with Crippen LogP contribution in [-0.2, 0) is 20.1 Å². The minimum atomic E-state index is -2.39. The molecule has 2 heterocycles. The molecule has 0 unspecified atom stereocenters. The Hall–Kier alpha value is -1.63. The predicted molar refractivity (Wildman–Crippen MR) is 75.5 cm³/mol. The fourth-order valence-corrected chi connectivity index (χ4v) is 1.84. The largest absolute Gasteiger partial charge is 0.378 e. The highest BCUT2D eigenvalue weighted by atomic mass is 35.5. The van der Waals surface area contributed by atoms with Gasteiger partial charge in [0.15, 0.2) is 0 Å². The fraction of sp³-hybridized carbons (Fsp3) is 0.500. The van der Waals surface area contributed by atoms with Gasteiger partial charge in [0.2, 0.25) is 0 Å². The molecule has 0 fully saturated rings. The van der Waals surface area contributed by atoms with Crippen LogP contribution < -0.4 is 5.32 Å². The van der Waals surface area contributed by atoms with E-state index in [0.29, 0.717) is 6.54 Å². The zero-order chi connectivity index (χ0) is 14.0. The summed E-state index contributed by atoms with van der Waals surface area (Å²) in [6, 6.07) is 0. The van der Waals surface area contributed by atoms with Gasteiger partial charge in [-0.25, -0.2) is 8.78 Å². The maximum absolute atomic E-state index is 12.3. The lowest BCUT2D eigenvalue weighted by molar-refractivity contribution is 0.121. The summed E-state index contributed by atoms with van der Waals surface area (Å²) >= 11 is 0. The lowest BCUT2D eigenvalue weighted by atomic mass is 10.2. The number of aryl methyl sites for hydroxylation is 1. The molecule has 0 aliphatic rings. The normalized spacial score (nSPS) is 10.7. The Morgan fingerprint density at radius 3 is 2.45 bits per heavy atom. The van der Waals surface area contributed by atoms with Crippen molar-refractivity contribution >= 4 is 18.1 Å². The Morgan fingerprint density at radius 1 is 1.20 bits per heavy atom. The molecule has 0 bridgehead atoms. The van der Waals surface area contributed by atoms with Crippen molar-refractivity contribution in [3.8, 4) is 0 Å². The van der Waals surface area contributed by atoms with Crippen molar-refractivity contribution in [2.75, 3.05) is 5.32 Å². The summed E-state index contributed by atoms with van der Waals surface area (Å²) in [5.74, 6) is 0. The van der Waals surface area contributed by atoms with Crippen molar-refractivity contribution in [1.82, 2.24) is 19.6 Å². The van der Waals surface area contributed by atoms with Crippen LogP contribution in [0, 0.1) is 13.8 Å². The Balaban J connectivity index is 0.00000200. The molecule has 0 spiro atoms. The first-order valence-corrected chi connectivity index (χ1v) is 6.01. The summed E-state index contributed by atoms with van der Waals surface area (Å²) in [4.78, 5) is 0. The smallest absolute Gasteiger partial charge is 0.257 e. The van der Waals surface area contributed by atoms with Crippen molar-refractivity contribution < 1.29 is 8.78 Å². The summed E-state index contributed by atoms with van der Waals surface area (Å²) in [5, 5.41) is 11.3. The Morgan fingerprint density at radius 2 is 1.90 bits per heavy atom. The van der Waals surface area contributed by atoms with E-state index < -0.39 is 6.43 Å². The van der Waals surface area contributed by atoms with E-state index in [2.05, 4.69) is 15.5 Å². The standard InChI is InChI=1S/C12H17F2N5.ClH/c1-8-10(5-17-19(8)7-12(13)14)4-15-11-6-16-18(3)9(11)2;/h5-6,12,15H,4,7H2,1-3H3;1H. The summed E-state index contributed by atoms with van der Waals surface area (Å²) in [6.45, 7) is 3.93. The van der Waals surface area contributed by atoms with E-state index in [1.165, 1.54) is 4.68 Å². The molecule has 0 aliphatic carbocycles. The second-order valence-corrected chi connectivity index (χ2v) is 4.45. The van der Waals surface area contributed by atoms with E-state index in [-0.39, 0.29) is 19.0 Å². The molecule has 0 aliphatic heterocycles. The van der Waals surface area contributed by atoms with Gasteiger partial charge in [0.25, 0.3) is 6.43 Å². The van der Waals surface area contributed by atoms with E-state index >= 15 is 0 Å². The highest BCUT2D eigenvalue weighted by Crippen LogP contribution is 2.15. The number of nitrogens with one attached hydrogen (secondary N) is 1. The number of rotatable bonds is 5. The van der Waals surface area contributed by atoms with E-state index in [1.807, 2.05) is 14.0 Å². The summed E-state index contributed by atoms with van der Waals surface area (Å²) in [5.41, 5.74) is 3.62. The molecule has 2 aromatic rings. The molecule has 0 atom stereocenters. The van der Waals surface area contributed by atoms with Crippen LogP contribution in [-0.4, -0.2) is 26.0 Å². The number of anilines is 1. The Kier molecular flexibility index (Phi) is 5.50. The van der Waals surface area contributed by atoms with Gasteiger partial charge < -0.3 is 5.32 Å². The van der Waals surface area contributed by atoms with Crippen LogP contribution in [0.3, 0.4) is 0 Å². The highest BCUT2D eigenvalue weighted by Gasteiger charge is 2.11. The average molecular weight is 306 g/mol. The van der Waals surface area contributed by atoms with Gasteiger partial charge in [-0.2, -0.15) is 10.2 Å². The zero-order valence-corrected chi connectivity index (χ0v) is 12.4. The molecule has 2 rings (SSSR count). The molecule has 112 valence electrons. The van der Waals surface area contributed by atoms with Crippen LogP contribution in [0.15, 0.2) is 12.4 Å². The minimum Gasteiger partial charge on any atom is -0.378 e. The van der Waals surface area contributed by atoms with Gasteiger partial charge in [0.05, 0.1) is 23.8 Å². The zero-order valence-electron chi connectivity index (χ0n) is 11.6. The van der Waals surface area contributed by atoms with Crippen LogP contribution in [0.1, 0.15) is 17.0 Å². The van der Waals surface area contributed by atoms with E-state index in [4.69, 9.17) is 0 Å². The second-order valence-electron chi connectivity index (χ2n) is 4.45. The summed E-state index contributed by atoms with van der Waals surface area (Å²) < 4.78 is 27.8. The second kappa shape index (κ2) is 6.69. The van der Waals surface area contributed by atoms with Gasteiger partial charge in [-0.1, -0.05) is 0 Å². The SMILES string of the molecule is Cc1c(NCc2cnn(CC(F)F)c2C)cnn1C.Cl. The van der Waals surface area contributed by atoms with Gasteiger partial charge in [-0.3, -0.25) is 9.36 Å². The fourth-order valence-electron chi connectivity index (χ4n) is 1.84. The van der Waals surface area contributed by atoms with Gasteiger partial charge in [-0.05, 0) is 13.8 Å². The molecule has 5 nitrogen and oxygen atoms in total. The van der Waals surface area contributed by atoms with Crippen LogP contribution in [0.5, 0.6) is 0 Å². The van der Waals surface area contributed by atoms with Crippen molar-refractivity contribution in [2.45, 2.75) is 33.4 Å². The molecule has 2 aromatic heterocycles. The van der Waals surface area contributed by atoms with E-state index in [9.17, 15) is 8.78 Å². The molecule has 0 aromatic carbocycles. The number of halogens is 3. The maximum Gasteiger partial charge on any atom is 0.257 e. The van der Waals surface area contributed by atoms with Gasteiger partial charge in [-0.15, -0.1) is 12.4 Å². The highest BCUT2D eigenvalue weighted by molar-refractivity contribution is 5.85. The van der Waals surface area contributed by atoms with Crippen molar-refractivity contribution in [3.05, 3.63) is 29.3 Å². The molecular formula is C12H18ClF2N5. The predicted octanol–water partition coefficient (Wildman–Crippen LogP) is 2.53. The number of alkyl halides is 2. The lowest BCUT2D eigenvalue weighted by Crippen LogP contribution is -2.10. The third-order valence-electron chi connectivity index (χ3n) is 3.22. The number of hydrogen-bond donors (Lipinski definition) is 1. The number of aromatic nitrogens is 4. The third-order valence-corrected chi connectivity index (χ3v) is 3.22. The number of nitrogens with zero attached hydrogens (tertiary/aromatic N) is 4. The third kappa shape index (κ3) is 3.47. The molecule has 20 heavy (non-hydrogen) atoms. The Labute approximate surface area is 122 Å². The van der Waals surface area contributed by atoms with E-state index in [1.54, 1.807) is 24.0 Å². The molecule has 0 radical (unpaired) electrons. The van der Waals surface area contributed by atoms with Crippen molar-refractivity contribution in [1.29, 1.82) is 0 Å². The monoisotopic (exact) mass is 305 g/mol. The van der Waals surface area contributed by atoms with Gasteiger partial charge >= 0.3 is 0 Å². The quantitative estimate of drug-likeness (QED) is 0.923. The molecular weight excluding hydrogens is 288 g/mol. The molecule has 0 amide bonds. The van der Waals surface area contributed by atoms with Crippen LogP contribution in [0.4, 0.5) is 14.5 Å². The first kappa shape index (κ1) is 16.4. The molecule has 1 N–H and O–H groups in total. The topological polar surface area (TPSA) is 47.7 Å². The average Bonchev–Trinajstić information content (AvgIpc) is 2.84. The van der Waals surface area contributed by atoms with Crippen molar-refractivity contribution in [3.63, 3.8) is 0 Å². The lowest BCUT2D eigenvalue weighted by Gasteiger charge is -2.07.